The number of hydrogen-bond acceptors (Lipinski definition) is 4. The zero-order valence-electron chi connectivity index (χ0n) is 15.9. The molecule has 0 radical (unpaired) electrons. The molecular weight excluding hydrogens is 347 g/mol. The van der Waals surface area contributed by atoms with Crippen LogP contribution in [0.4, 0.5) is 4.39 Å². The molecule has 1 aliphatic heterocycles. The van der Waals surface area contributed by atoms with Crippen molar-refractivity contribution in [3.05, 3.63) is 59.4 Å². The Balaban J connectivity index is 1.62. The lowest BCUT2D eigenvalue weighted by Gasteiger charge is -2.28. The van der Waals surface area contributed by atoms with Gasteiger partial charge in [0, 0.05) is 6.54 Å². The number of carbonyl (C=O) groups excluding carboxylic acids is 1. The summed E-state index contributed by atoms with van der Waals surface area (Å²) in [5.74, 6) is 1.15. The van der Waals surface area contributed by atoms with Crippen LogP contribution in [0.3, 0.4) is 0 Å². The molecule has 2 atom stereocenters. The molecule has 3 rings (SSSR count). The fourth-order valence-electron chi connectivity index (χ4n) is 3.13. The Morgan fingerprint density at radius 1 is 1.15 bits per heavy atom. The van der Waals surface area contributed by atoms with Crippen molar-refractivity contribution in [1.82, 2.24) is 10.2 Å². The van der Waals surface area contributed by atoms with Gasteiger partial charge in [0.05, 0.1) is 12.1 Å². The zero-order chi connectivity index (χ0) is 19.4. The summed E-state index contributed by atoms with van der Waals surface area (Å²) in [5.41, 5.74) is 1.93. The second-order valence-electron chi connectivity index (χ2n) is 6.71. The summed E-state index contributed by atoms with van der Waals surface area (Å²) in [4.78, 5) is 14.8. The summed E-state index contributed by atoms with van der Waals surface area (Å²) in [5, 5.41) is 3.01. The first-order valence-corrected chi connectivity index (χ1v) is 9.16. The summed E-state index contributed by atoms with van der Waals surface area (Å²) < 4.78 is 23.8. The molecule has 27 heavy (non-hydrogen) atoms. The van der Waals surface area contributed by atoms with Crippen molar-refractivity contribution in [3.63, 3.8) is 0 Å². The van der Waals surface area contributed by atoms with Gasteiger partial charge >= 0.3 is 0 Å². The highest BCUT2D eigenvalue weighted by molar-refractivity contribution is 5.81. The predicted molar refractivity (Wildman–Crippen MR) is 101 cm³/mol. The minimum atomic E-state index is -0.302. The molecule has 1 aliphatic rings. The molecule has 0 spiro atoms. The smallest absolute Gasteiger partial charge is 0.237 e. The van der Waals surface area contributed by atoms with Crippen molar-refractivity contribution in [2.75, 3.05) is 13.3 Å². The second-order valence-corrected chi connectivity index (χ2v) is 6.71. The lowest BCUT2D eigenvalue weighted by atomic mass is 10.1. The van der Waals surface area contributed by atoms with Crippen LogP contribution in [0, 0.1) is 5.82 Å². The normalized spacial score (nSPS) is 14.9. The van der Waals surface area contributed by atoms with Crippen molar-refractivity contribution in [1.29, 1.82) is 0 Å². The van der Waals surface area contributed by atoms with Gasteiger partial charge in [-0.25, -0.2) is 4.39 Å². The number of halogens is 1. The van der Waals surface area contributed by atoms with Crippen LogP contribution >= 0.6 is 0 Å². The summed E-state index contributed by atoms with van der Waals surface area (Å²) in [6.07, 6.45) is 0. The first kappa shape index (κ1) is 19.2. The number of rotatable bonds is 7. The van der Waals surface area contributed by atoms with Crippen LogP contribution in [0.15, 0.2) is 42.5 Å². The molecule has 2 unspecified atom stereocenters. The molecule has 2 aromatic rings. The van der Waals surface area contributed by atoms with E-state index >= 15 is 0 Å². The van der Waals surface area contributed by atoms with Crippen LogP contribution in [-0.4, -0.2) is 30.2 Å². The number of hydrogen-bond donors (Lipinski definition) is 1. The highest BCUT2D eigenvalue weighted by atomic mass is 19.1. The van der Waals surface area contributed by atoms with Crippen molar-refractivity contribution < 1.29 is 18.7 Å². The van der Waals surface area contributed by atoms with E-state index in [0.29, 0.717) is 6.54 Å². The van der Waals surface area contributed by atoms with Crippen molar-refractivity contribution >= 4 is 5.91 Å². The zero-order valence-corrected chi connectivity index (χ0v) is 15.9. The Hall–Kier alpha value is -2.60. The summed E-state index contributed by atoms with van der Waals surface area (Å²) in [6.45, 7) is 7.42. The summed E-state index contributed by atoms with van der Waals surface area (Å²) in [6, 6.07) is 11.5. The molecule has 0 aliphatic carbocycles. The Kier molecular flexibility index (Phi) is 5.96. The molecule has 0 aromatic heterocycles. The third-order valence-electron chi connectivity index (χ3n) is 4.88. The maximum Gasteiger partial charge on any atom is 0.237 e. The Labute approximate surface area is 159 Å². The van der Waals surface area contributed by atoms with Gasteiger partial charge in [-0.3, -0.25) is 9.69 Å². The largest absolute Gasteiger partial charge is 0.454 e. The molecule has 144 valence electrons. The van der Waals surface area contributed by atoms with Gasteiger partial charge < -0.3 is 14.8 Å². The van der Waals surface area contributed by atoms with Gasteiger partial charge in [-0.2, -0.15) is 0 Å². The molecule has 0 saturated carbocycles. The van der Waals surface area contributed by atoms with E-state index in [-0.39, 0.29) is 30.6 Å². The monoisotopic (exact) mass is 372 g/mol. The fourth-order valence-corrected chi connectivity index (χ4v) is 3.13. The van der Waals surface area contributed by atoms with Gasteiger partial charge in [0.1, 0.15) is 5.82 Å². The SMILES string of the molecule is CCN(Cc1ccc2c(c1)OCO2)C(C)C(=O)NC(C)c1ccc(F)cc1. The molecule has 0 bridgehead atoms. The van der Waals surface area contributed by atoms with Gasteiger partial charge in [-0.05, 0) is 55.8 Å². The maximum atomic E-state index is 13.1. The van der Waals surface area contributed by atoms with E-state index in [2.05, 4.69) is 10.2 Å². The Morgan fingerprint density at radius 2 is 1.85 bits per heavy atom. The summed E-state index contributed by atoms with van der Waals surface area (Å²) in [7, 11) is 0. The average Bonchev–Trinajstić information content (AvgIpc) is 3.13. The number of amides is 1. The molecule has 1 heterocycles. The van der Waals surface area contributed by atoms with Crippen molar-refractivity contribution in [3.8, 4) is 11.5 Å². The topological polar surface area (TPSA) is 50.8 Å². The van der Waals surface area contributed by atoms with Crippen molar-refractivity contribution in [2.24, 2.45) is 0 Å². The van der Waals surface area contributed by atoms with E-state index in [4.69, 9.17) is 9.47 Å². The van der Waals surface area contributed by atoms with Crippen LogP contribution in [0.1, 0.15) is 37.9 Å². The van der Waals surface area contributed by atoms with Crippen LogP contribution in [0.2, 0.25) is 0 Å². The molecule has 2 aromatic carbocycles. The second kappa shape index (κ2) is 8.39. The molecular formula is C21H25FN2O3. The number of benzene rings is 2. The maximum absolute atomic E-state index is 13.1. The molecule has 0 fully saturated rings. The van der Waals surface area contributed by atoms with Crippen molar-refractivity contribution in [2.45, 2.75) is 39.4 Å². The quantitative estimate of drug-likeness (QED) is 0.806. The standard InChI is InChI=1S/C21H25FN2O3/c1-4-24(12-16-5-10-19-20(11-16)27-13-26-19)15(3)21(25)23-14(2)17-6-8-18(22)9-7-17/h5-11,14-15H,4,12-13H2,1-3H3,(H,23,25). The Morgan fingerprint density at radius 3 is 2.56 bits per heavy atom. The fraction of sp³-hybridized carbons (Fsp3) is 0.381. The first-order chi connectivity index (χ1) is 13.0. The number of nitrogens with one attached hydrogen (secondary N) is 1. The third kappa shape index (κ3) is 4.57. The lowest BCUT2D eigenvalue weighted by Crippen LogP contribution is -2.45. The molecule has 0 saturated heterocycles. The van der Waals surface area contributed by atoms with Gasteiger partial charge in [0.2, 0.25) is 12.7 Å². The van der Waals surface area contributed by atoms with Crippen LogP contribution < -0.4 is 14.8 Å². The summed E-state index contributed by atoms with van der Waals surface area (Å²) >= 11 is 0. The van der Waals surface area contributed by atoms with Crippen LogP contribution in [0.5, 0.6) is 11.5 Å². The van der Waals surface area contributed by atoms with Gasteiger partial charge in [-0.1, -0.05) is 25.1 Å². The number of ether oxygens (including phenoxy) is 2. The van der Waals surface area contributed by atoms with Gasteiger partial charge in [-0.15, -0.1) is 0 Å². The van der Waals surface area contributed by atoms with E-state index in [9.17, 15) is 9.18 Å². The average molecular weight is 372 g/mol. The predicted octanol–water partition coefficient (Wildman–Crippen LogP) is 3.64. The van der Waals surface area contributed by atoms with E-state index in [1.54, 1.807) is 12.1 Å². The molecule has 1 N–H and O–H groups in total. The number of carbonyl (C=O) groups is 1. The van der Waals surface area contributed by atoms with Gasteiger partial charge in [0.15, 0.2) is 11.5 Å². The van der Waals surface area contributed by atoms with Crippen LogP contribution in [-0.2, 0) is 11.3 Å². The molecule has 6 heteroatoms. The van der Waals surface area contributed by atoms with Gasteiger partial charge in [0.25, 0.3) is 0 Å². The van der Waals surface area contributed by atoms with E-state index in [0.717, 1.165) is 29.2 Å². The van der Waals surface area contributed by atoms with E-state index < -0.39 is 0 Å². The number of likely N-dealkylation sites (N-methyl/N-ethyl adjacent to an activating group) is 1. The molecule has 5 nitrogen and oxygen atoms in total. The highest BCUT2D eigenvalue weighted by Gasteiger charge is 2.23. The van der Waals surface area contributed by atoms with Crippen LogP contribution in [0.25, 0.3) is 0 Å². The highest BCUT2D eigenvalue weighted by Crippen LogP contribution is 2.32. The third-order valence-corrected chi connectivity index (χ3v) is 4.88. The number of nitrogens with zero attached hydrogens (tertiary/aromatic N) is 1. The first-order valence-electron chi connectivity index (χ1n) is 9.16. The Bertz CT molecular complexity index is 795. The van der Waals surface area contributed by atoms with E-state index in [1.165, 1.54) is 12.1 Å². The minimum absolute atomic E-state index is 0.0607. The van der Waals surface area contributed by atoms with E-state index in [1.807, 2.05) is 39.0 Å². The minimum Gasteiger partial charge on any atom is -0.454 e. The lowest BCUT2D eigenvalue weighted by molar-refractivity contribution is -0.126. The molecule has 1 amide bonds. The number of fused-ring (bicyclic) bond motifs is 1.